The van der Waals surface area contributed by atoms with Crippen molar-refractivity contribution in [2.24, 2.45) is 10.8 Å². The van der Waals surface area contributed by atoms with Crippen LogP contribution in [0.4, 0.5) is 11.4 Å². The molecular weight excluding hydrogens is 316 g/mol. The smallest absolute Gasteiger partial charge is 0.271 e. The van der Waals surface area contributed by atoms with E-state index in [4.69, 9.17) is 12.2 Å². The van der Waals surface area contributed by atoms with Gasteiger partial charge in [-0.3, -0.25) is 14.6 Å². The molecule has 1 unspecified atom stereocenters. The van der Waals surface area contributed by atoms with Crippen molar-refractivity contribution >= 4 is 28.9 Å². The number of para-hydroxylation sites is 1. The van der Waals surface area contributed by atoms with Crippen LogP contribution in [0.5, 0.6) is 0 Å². The lowest BCUT2D eigenvalue weighted by Gasteiger charge is -2.20. The summed E-state index contributed by atoms with van der Waals surface area (Å²) in [6.07, 6.45) is 5.51. The summed E-state index contributed by atoms with van der Waals surface area (Å²) >= 11 is 0. The number of anilines is 2. The molecule has 2 aromatic carbocycles. The van der Waals surface area contributed by atoms with Gasteiger partial charge in [0, 0.05) is 17.7 Å². The summed E-state index contributed by atoms with van der Waals surface area (Å²) in [7, 11) is 0. The minimum atomic E-state index is -0.694. The summed E-state index contributed by atoms with van der Waals surface area (Å²) in [6, 6.07) is 15.4. The molecule has 1 heterocycles. The maximum Gasteiger partial charge on any atom is 0.271 e. The van der Waals surface area contributed by atoms with Crippen LogP contribution < -0.4 is 16.1 Å². The molecular formula is C19H16N4O2. The molecule has 0 saturated heterocycles. The van der Waals surface area contributed by atoms with Gasteiger partial charge < -0.3 is 11.1 Å². The minimum Gasteiger partial charge on any atom is -0.368 e. The van der Waals surface area contributed by atoms with Crippen molar-refractivity contribution in [3.05, 3.63) is 60.2 Å². The zero-order valence-corrected chi connectivity index (χ0v) is 13.3. The number of hydrogen-bond donors (Lipinski definition) is 2. The normalized spacial score (nSPS) is 16.0. The highest BCUT2D eigenvalue weighted by Gasteiger charge is 2.34. The Balaban J connectivity index is 1.82. The third-order valence-corrected chi connectivity index (χ3v) is 3.81. The number of primary amides is 1. The number of nitrogens with zero attached hydrogens (tertiary/aromatic N) is 2. The van der Waals surface area contributed by atoms with Gasteiger partial charge in [0.05, 0.1) is 5.69 Å². The number of nitrogens with two attached hydrogens (primary N) is 1. The molecule has 0 spiro atoms. The van der Waals surface area contributed by atoms with Crippen molar-refractivity contribution in [3.63, 3.8) is 0 Å². The molecule has 0 radical (unpaired) electrons. The SMILES string of the molecule is C#Cc1cccc(NC(=O)C2=NN(c3ccccc3)C(C(N)=O)C2)c1. The van der Waals surface area contributed by atoms with Gasteiger partial charge in [0.1, 0.15) is 11.8 Å². The fourth-order valence-corrected chi connectivity index (χ4v) is 2.58. The Hall–Kier alpha value is -3.59. The Morgan fingerprint density at radius 3 is 2.64 bits per heavy atom. The first-order chi connectivity index (χ1) is 12.1. The lowest BCUT2D eigenvalue weighted by molar-refractivity contribution is -0.119. The van der Waals surface area contributed by atoms with Crippen LogP contribution in [0.15, 0.2) is 59.7 Å². The van der Waals surface area contributed by atoms with Crippen LogP contribution in [-0.4, -0.2) is 23.6 Å². The summed E-state index contributed by atoms with van der Waals surface area (Å²) in [5, 5.41) is 8.52. The first-order valence-corrected chi connectivity index (χ1v) is 7.67. The van der Waals surface area contributed by atoms with Crippen molar-refractivity contribution in [2.75, 3.05) is 10.3 Å². The highest BCUT2D eigenvalue weighted by atomic mass is 16.2. The van der Waals surface area contributed by atoms with Crippen LogP contribution in [0, 0.1) is 12.3 Å². The van der Waals surface area contributed by atoms with E-state index in [1.165, 1.54) is 5.01 Å². The summed E-state index contributed by atoms with van der Waals surface area (Å²) in [6.45, 7) is 0. The van der Waals surface area contributed by atoms with E-state index in [9.17, 15) is 9.59 Å². The summed E-state index contributed by atoms with van der Waals surface area (Å²) in [5.74, 6) is 1.58. The van der Waals surface area contributed by atoms with E-state index >= 15 is 0 Å². The van der Waals surface area contributed by atoms with Gasteiger partial charge in [0.2, 0.25) is 5.91 Å². The predicted octanol–water partition coefficient (Wildman–Crippen LogP) is 1.73. The fourth-order valence-electron chi connectivity index (χ4n) is 2.58. The van der Waals surface area contributed by atoms with E-state index in [1.54, 1.807) is 36.4 Å². The van der Waals surface area contributed by atoms with E-state index < -0.39 is 11.9 Å². The topological polar surface area (TPSA) is 87.8 Å². The van der Waals surface area contributed by atoms with Gasteiger partial charge in [-0.1, -0.05) is 30.2 Å². The van der Waals surface area contributed by atoms with Crippen LogP contribution in [0.3, 0.4) is 0 Å². The molecule has 6 nitrogen and oxygen atoms in total. The van der Waals surface area contributed by atoms with Crippen LogP contribution in [0.2, 0.25) is 0 Å². The second kappa shape index (κ2) is 6.89. The molecule has 1 atom stereocenters. The van der Waals surface area contributed by atoms with Gasteiger partial charge in [-0.05, 0) is 30.3 Å². The van der Waals surface area contributed by atoms with Crippen molar-refractivity contribution < 1.29 is 9.59 Å². The molecule has 0 aliphatic carbocycles. The molecule has 0 saturated carbocycles. The quantitative estimate of drug-likeness (QED) is 0.836. The number of carbonyl (C=O) groups is 2. The number of hydrogen-bond acceptors (Lipinski definition) is 4. The monoisotopic (exact) mass is 332 g/mol. The molecule has 1 aliphatic heterocycles. The molecule has 1 aliphatic rings. The van der Waals surface area contributed by atoms with E-state index in [0.29, 0.717) is 16.9 Å². The largest absolute Gasteiger partial charge is 0.368 e. The van der Waals surface area contributed by atoms with Gasteiger partial charge in [-0.2, -0.15) is 5.10 Å². The van der Waals surface area contributed by atoms with Crippen molar-refractivity contribution in [1.29, 1.82) is 0 Å². The Bertz CT molecular complexity index is 884. The highest BCUT2D eigenvalue weighted by molar-refractivity contribution is 6.44. The number of hydrazone groups is 1. The second-order valence-electron chi connectivity index (χ2n) is 5.53. The molecule has 3 N–H and O–H groups in total. The zero-order valence-electron chi connectivity index (χ0n) is 13.3. The molecule has 2 aromatic rings. The third kappa shape index (κ3) is 3.51. The lowest BCUT2D eigenvalue weighted by atomic mass is 10.1. The standard InChI is InChI=1S/C19H16N4O2/c1-2-13-7-6-8-14(11-13)21-19(25)16-12-17(18(20)24)23(22-16)15-9-4-3-5-10-15/h1,3-11,17H,12H2,(H2,20,24)(H,21,25). The van der Waals surface area contributed by atoms with E-state index in [-0.39, 0.29) is 18.0 Å². The summed E-state index contributed by atoms with van der Waals surface area (Å²) in [5.41, 5.74) is 7.63. The minimum absolute atomic E-state index is 0.144. The van der Waals surface area contributed by atoms with Crippen LogP contribution in [0.25, 0.3) is 0 Å². The number of nitrogens with one attached hydrogen (secondary N) is 1. The molecule has 0 bridgehead atoms. The number of carbonyl (C=O) groups excluding carboxylic acids is 2. The summed E-state index contributed by atoms with van der Waals surface area (Å²) < 4.78 is 0. The van der Waals surface area contributed by atoms with Crippen molar-refractivity contribution in [1.82, 2.24) is 0 Å². The molecule has 6 heteroatoms. The average molecular weight is 332 g/mol. The number of benzene rings is 2. The van der Waals surface area contributed by atoms with Gasteiger partial charge in [-0.25, -0.2) is 0 Å². The second-order valence-corrected chi connectivity index (χ2v) is 5.53. The molecule has 3 rings (SSSR count). The van der Waals surface area contributed by atoms with Crippen LogP contribution in [0.1, 0.15) is 12.0 Å². The zero-order chi connectivity index (χ0) is 17.8. The maximum atomic E-state index is 12.5. The molecule has 0 aromatic heterocycles. The molecule has 124 valence electrons. The van der Waals surface area contributed by atoms with E-state index in [2.05, 4.69) is 16.3 Å². The Morgan fingerprint density at radius 2 is 1.96 bits per heavy atom. The van der Waals surface area contributed by atoms with E-state index in [0.717, 1.165) is 0 Å². The number of rotatable bonds is 4. The third-order valence-electron chi connectivity index (χ3n) is 3.81. The number of amides is 2. The Morgan fingerprint density at radius 1 is 1.20 bits per heavy atom. The van der Waals surface area contributed by atoms with Crippen molar-refractivity contribution in [2.45, 2.75) is 12.5 Å². The lowest BCUT2D eigenvalue weighted by Crippen LogP contribution is -2.39. The van der Waals surface area contributed by atoms with Crippen molar-refractivity contribution in [3.8, 4) is 12.3 Å². The van der Waals surface area contributed by atoms with Gasteiger partial charge in [0.15, 0.2) is 0 Å². The number of terminal acetylenes is 1. The predicted molar refractivity (Wildman–Crippen MR) is 97.0 cm³/mol. The van der Waals surface area contributed by atoms with Gasteiger partial charge >= 0.3 is 0 Å². The Kier molecular flexibility index (Phi) is 4.48. The molecule has 25 heavy (non-hydrogen) atoms. The molecule has 0 fully saturated rings. The average Bonchev–Trinajstić information content (AvgIpc) is 3.08. The first kappa shape index (κ1) is 16.3. The fraction of sp³-hybridized carbons (Fsp3) is 0.105. The van der Waals surface area contributed by atoms with Gasteiger partial charge in [0.25, 0.3) is 5.91 Å². The summed E-state index contributed by atoms with van der Waals surface area (Å²) in [4.78, 5) is 24.2. The highest BCUT2D eigenvalue weighted by Crippen LogP contribution is 2.24. The van der Waals surface area contributed by atoms with Crippen LogP contribution in [-0.2, 0) is 9.59 Å². The van der Waals surface area contributed by atoms with Crippen LogP contribution >= 0.6 is 0 Å². The van der Waals surface area contributed by atoms with E-state index in [1.807, 2.05) is 18.2 Å². The molecule has 2 amide bonds. The first-order valence-electron chi connectivity index (χ1n) is 7.67. The Labute approximate surface area is 145 Å². The van der Waals surface area contributed by atoms with Gasteiger partial charge in [-0.15, -0.1) is 6.42 Å². The maximum absolute atomic E-state index is 12.5.